The SMILES string of the molecule is CCC(CSC)N(C)C1(CN)CCOC1. The van der Waals surface area contributed by atoms with Gasteiger partial charge in [-0.2, -0.15) is 11.8 Å². The predicted octanol–water partition coefficient (Wildman–Crippen LogP) is 1.18. The molecular formula is C11H24N2OS. The number of rotatable bonds is 6. The summed E-state index contributed by atoms with van der Waals surface area (Å²) in [6.45, 7) is 4.61. The summed E-state index contributed by atoms with van der Waals surface area (Å²) in [5.41, 5.74) is 6.02. The highest BCUT2D eigenvalue weighted by atomic mass is 32.2. The molecule has 1 aliphatic heterocycles. The van der Waals surface area contributed by atoms with E-state index in [1.54, 1.807) is 0 Å². The van der Waals surface area contributed by atoms with Crippen LogP contribution in [0.1, 0.15) is 19.8 Å². The van der Waals surface area contributed by atoms with Crippen LogP contribution in [0.5, 0.6) is 0 Å². The standard InChI is InChI=1S/C11H24N2OS/c1-4-10(7-15-3)13(2)11(8-12)5-6-14-9-11/h10H,4-9,12H2,1-3H3. The normalized spacial score (nSPS) is 28.6. The van der Waals surface area contributed by atoms with Gasteiger partial charge in [-0.3, -0.25) is 4.90 Å². The smallest absolute Gasteiger partial charge is 0.0663 e. The average Bonchev–Trinajstić information content (AvgIpc) is 2.74. The first-order valence-electron chi connectivity index (χ1n) is 5.70. The number of hydrogen-bond acceptors (Lipinski definition) is 4. The van der Waals surface area contributed by atoms with Crippen LogP contribution in [-0.4, -0.2) is 55.3 Å². The lowest BCUT2D eigenvalue weighted by molar-refractivity contribution is 0.0653. The van der Waals surface area contributed by atoms with E-state index in [2.05, 4.69) is 25.1 Å². The molecule has 0 aromatic rings. The molecule has 0 bridgehead atoms. The van der Waals surface area contributed by atoms with Crippen LogP contribution < -0.4 is 5.73 Å². The van der Waals surface area contributed by atoms with E-state index >= 15 is 0 Å². The van der Waals surface area contributed by atoms with E-state index in [0.717, 1.165) is 19.6 Å². The lowest BCUT2D eigenvalue weighted by Crippen LogP contribution is -2.57. The Morgan fingerprint density at radius 3 is 2.73 bits per heavy atom. The van der Waals surface area contributed by atoms with Crippen molar-refractivity contribution in [1.29, 1.82) is 0 Å². The van der Waals surface area contributed by atoms with Gasteiger partial charge >= 0.3 is 0 Å². The molecule has 1 heterocycles. The van der Waals surface area contributed by atoms with Crippen molar-refractivity contribution in [3.05, 3.63) is 0 Å². The van der Waals surface area contributed by atoms with Gasteiger partial charge in [0.2, 0.25) is 0 Å². The number of likely N-dealkylation sites (N-methyl/N-ethyl adjacent to an activating group) is 1. The van der Waals surface area contributed by atoms with Gasteiger partial charge in [0.1, 0.15) is 0 Å². The van der Waals surface area contributed by atoms with Crippen LogP contribution in [-0.2, 0) is 4.74 Å². The van der Waals surface area contributed by atoms with Crippen LogP contribution in [0, 0.1) is 0 Å². The molecular weight excluding hydrogens is 208 g/mol. The summed E-state index contributed by atoms with van der Waals surface area (Å²) in [7, 11) is 2.20. The van der Waals surface area contributed by atoms with Crippen LogP contribution in [0.15, 0.2) is 0 Å². The zero-order chi connectivity index (χ0) is 11.3. The van der Waals surface area contributed by atoms with E-state index in [9.17, 15) is 0 Å². The van der Waals surface area contributed by atoms with E-state index in [1.165, 1.54) is 12.2 Å². The molecule has 3 nitrogen and oxygen atoms in total. The second-order valence-corrected chi connectivity index (χ2v) is 5.27. The van der Waals surface area contributed by atoms with E-state index in [-0.39, 0.29) is 5.54 Å². The maximum Gasteiger partial charge on any atom is 0.0663 e. The Bertz CT molecular complexity index is 183. The third-order valence-corrected chi connectivity index (χ3v) is 4.31. The van der Waals surface area contributed by atoms with Crippen molar-refractivity contribution >= 4 is 11.8 Å². The number of thioether (sulfide) groups is 1. The lowest BCUT2D eigenvalue weighted by atomic mass is 9.94. The zero-order valence-electron chi connectivity index (χ0n) is 10.2. The third-order valence-electron chi connectivity index (χ3n) is 3.59. The number of nitrogens with two attached hydrogens (primary N) is 1. The zero-order valence-corrected chi connectivity index (χ0v) is 11.0. The van der Waals surface area contributed by atoms with Crippen LogP contribution in [0.3, 0.4) is 0 Å². The Morgan fingerprint density at radius 2 is 2.33 bits per heavy atom. The van der Waals surface area contributed by atoms with Gasteiger partial charge in [0.15, 0.2) is 0 Å². The summed E-state index contributed by atoms with van der Waals surface area (Å²) in [4.78, 5) is 2.45. The summed E-state index contributed by atoms with van der Waals surface area (Å²) >= 11 is 1.91. The average molecular weight is 232 g/mol. The van der Waals surface area contributed by atoms with Crippen LogP contribution in [0.25, 0.3) is 0 Å². The molecule has 0 spiro atoms. The Kier molecular flexibility index (Phi) is 5.39. The molecule has 15 heavy (non-hydrogen) atoms. The van der Waals surface area contributed by atoms with Crippen molar-refractivity contribution in [1.82, 2.24) is 4.90 Å². The van der Waals surface area contributed by atoms with Gasteiger partial charge in [-0.25, -0.2) is 0 Å². The van der Waals surface area contributed by atoms with Gasteiger partial charge in [0, 0.05) is 24.9 Å². The van der Waals surface area contributed by atoms with Crippen molar-refractivity contribution < 1.29 is 4.74 Å². The molecule has 1 saturated heterocycles. The summed E-state index contributed by atoms with van der Waals surface area (Å²) in [5.74, 6) is 1.18. The summed E-state index contributed by atoms with van der Waals surface area (Å²) in [6.07, 6.45) is 4.42. The maximum atomic E-state index is 5.93. The Hall–Kier alpha value is 0.230. The Morgan fingerprint density at radius 1 is 1.60 bits per heavy atom. The fourth-order valence-electron chi connectivity index (χ4n) is 2.26. The van der Waals surface area contributed by atoms with Crippen molar-refractivity contribution in [3.8, 4) is 0 Å². The molecule has 0 radical (unpaired) electrons. The quantitative estimate of drug-likeness (QED) is 0.746. The molecule has 0 aromatic heterocycles. The van der Waals surface area contributed by atoms with Crippen LogP contribution >= 0.6 is 11.8 Å². The highest BCUT2D eigenvalue weighted by Crippen LogP contribution is 2.27. The second-order valence-electron chi connectivity index (χ2n) is 4.36. The molecule has 2 unspecified atom stereocenters. The minimum absolute atomic E-state index is 0.0937. The molecule has 1 rings (SSSR count). The Balaban J connectivity index is 2.65. The van der Waals surface area contributed by atoms with Crippen molar-refractivity contribution in [3.63, 3.8) is 0 Å². The van der Waals surface area contributed by atoms with E-state index < -0.39 is 0 Å². The fourth-order valence-corrected chi connectivity index (χ4v) is 3.11. The summed E-state index contributed by atoms with van der Waals surface area (Å²) < 4.78 is 5.52. The molecule has 90 valence electrons. The van der Waals surface area contributed by atoms with Crippen LogP contribution in [0.2, 0.25) is 0 Å². The topological polar surface area (TPSA) is 38.5 Å². The van der Waals surface area contributed by atoms with Crippen molar-refractivity contribution in [2.45, 2.75) is 31.3 Å². The maximum absolute atomic E-state index is 5.93. The first-order chi connectivity index (χ1) is 7.20. The van der Waals surface area contributed by atoms with Gasteiger partial charge in [-0.15, -0.1) is 0 Å². The van der Waals surface area contributed by atoms with E-state index in [4.69, 9.17) is 10.5 Å². The highest BCUT2D eigenvalue weighted by molar-refractivity contribution is 7.98. The van der Waals surface area contributed by atoms with Gasteiger partial charge in [-0.1, -0.05) is 6.92 Å². The van der Waals surface area contributed by atoms with Gasteiger partial charge in [-0.05, 0) is 26.1 Å². The number of nitrogens with zero attached hydrogens (tertiary/aromatic N) is 1. The highest BCUT2D eigenvalue weighted by Gasteiger charge is 2.39. The van der Waals surface area contributed by atoms with Gasteiger partial charge in [0.05, 0.1) is 12.1 Å². The molecule has 0 saturated carbocycles. The summed E-state index contributed by atoms with van der Waals surface area (Å²) in [5, 5.41) is 0. The van der Waals surface area contributed by atoms with E-state index in [1.807, 2.05) is 11.8 Å². The minimum Gasteiger partial charge on any atom is -0.379 e. The third kappa shape index (κ3) is 2.87. The minimum atomic E-state index is 0.0937. The second kappa shape index (κ2) is 6.09. The van der Waals surface area contributed by atoms with Gasteiger partial charge in [0.25, 0.3) is 0 Å². The molecule has 4 heteroatoms. The lowest BCUT2D eigenvalue weighted by Gasteiger charge is -2.41. The molecule has 0 aromatic carbocycles. The molecule has 1 aliphatic rings. The number of ether oxygens (including phenoxy) is 1. The number of hydrogen-bond donors (Lipinski definition) is 1. The van der Waals surface area contributed by atoms with Gasteiger partial charge < -0.3 is 10.5 Å². The fraction of sp³-hybridized carbons (Fsp3) is 1.00. The molecule has 1 fully saturated rings. The van der Waals surface area contributed by atoms with Crippen LogP contribution in [0.4, 0.5) is 0 Å². The molecule has 2 atom stereocenters. The molecule has 0 amide bonds. The monoisotopic (exact) mass is 232 g/mol. The van der Waals surface area contributed by atoms with Crippen molar-refractivity contribution in [2.75, 3.05) is 38.8 Å². The molecule has 2 N–H and O–H groups in total. The summed E-state index contributed by atoms with van der Waals surface area (Å²) in [6, 6.07) is 0.616. The Labute approximate surface area is 97.7 Å². The first-order valence-corrected chi connectivity index (χ1v) is 7.09. The molecule has 0 aliphatic carbocycles. The first kappa shape index (κ1) is 13.3. The van der Waals surface area contributed by atoms with E-state index in [0.29, 0.717) is 12.6 Å². The largest absolute Gasteiger partial charge is 0.379 e. The van der Waals surface area contributed by atoms with Crippen molar-refractivity contribution in [2.24, 2.45) is 5.73 Å². The predicted molar refractivity (Wildman–Crippen MR) is 67.4 cm³/mol.